The molecule has 1 saturated heterocycles. The van der Waals surface area contributed by atoms with E-state index in [1.165, 1.54) is 12.8 Å². The van der Waals surface area contributed by atoms with E-state index in [9.17, 15) is 4.79 Å². The number of carbonyl (C=O) groups is 1. The van der Waals surface area contributed by atoms with Crippen LogP contribution < -0.4 is 36.1 Å². The third-order valence-electron chi connectivity index (χ3n) is 7.23. The number of nitrogens with zero attached hydrogens (tertiary/aromatic N) is 1. The van der Waals surface area contributed by atoms with E-state index in [1.807, 2.05) is 51.4 Å². The minimum Gasteiger partial charge on any atom is -0.492 e. The Balaban J connectivity index is 1.45. The summed E-state index contributed by atoms with van der Waals surface area (Å²) in [5, 5.41) is 17.5. The van der Waals surface area contributed by atoms with Crippen molar-refractivity contribution in [1.29, 1.82) is 0 Å². The molecule has 0 radical (unpaired) electrons. The van der Waals surface area contributed by atoms with E-state index in [-0.39, 0.29) is 12.1 Å². The van der Waals surface area contributed by atoms with Gasteiger partial charge in [0, 0.05) is 35.8 Å². The van der Waals surface area contributed by atoms with Crippen LogP contribution >= 0.6 is 11.6 Å². The fraction of sp³-hybridized carbons (Fsp3) is 0.552. The second-order valence-electron chi connectivity index (χ2n) is 10.6. The second kappa shape index (κ2) is 14.1. The third-order valence-corrected chi connectivity index (χ3v) is 7.54. The zero-order chi connectivity index (χ0) is 27.8. The van der Waals surface area contributed by atoms with Crippen molar-refractivity contribution < 1.29 is 14.3 Å². The van der Waals surface area contributed by atoms with Gasteiger partial charge in [-0.1, -0.05) is 18.5 Å². The third kappa shape index (κ3) is 8.14. The van der Waals surface area contributed by atoms with E-state index in [1.54, 1.807) is 0 Å². The van der Waals surface area contributed by atoms with Crippen molar-refractivity contribution in [2.24, 2.45) is 5.92 Å². The van der Waals surface area contributed by atoms with Gasteiger partial charge in [-0.05, 0) is 77.5 Å². The number of piperidine rings is 1. The zero-order valence-electron chi connectivity index (χ0n) is 23.5. The Labute approximate surface area is 237 Å². The van der Waals surface area contributed by atoms with E-state index in [0.29, 0.717) is 54.7 Å². The highest BCUT2D eigenvalue weighted by atomic mass is 35.5. The van der Waals surface area contributed by atoms with Crippen molar-refractivity contribution in [3.8, 4) is 11.5 Å². The smallest absolute Gasteiger partial charge is 0.224 e. The van der Waals surface area contributed by atoms with Gasteiger partial charge in [0.05, 0.1) is 29.7 Å². The molecule has 214 valence electrons. The molecule has 1 amide bonds. The number of rotatable bonds is 12. The first-order chi connectivity index (χ1) is 18.8. The molecule has 0 aromatic heterocycles. The summed E-state index contributed by atoms with van der Waals surface area (Å²) < 4.78 is 11.9. The van der Waals surface area contributed by atoms with Crippen LogP contribution in [-0.2, 0) is 4.79 Å². The van der Waals surface area contributed by atoms with Crippen LogP contribution in [0.25, 0.3) is 0 Å². The molecule has 39 heavy (non-hydrogen) atoms. The van der Waals surface area contributed by atoms with Crippen LogP contribution in [0.5, 0.6) is 11.5 Å². The van der Waals surface area contributed by atoms with Crippen molar-refractivity contribution in [2.45, 2.75) is 51.7 Å². The average Bonchev–Trinajstić information content (AvgIpc) is 2.90. The number of nitrogens with one attached hydrogen (secondary N) is 5. The SMILES string of the molecule is CCOc1cc2c(cc1NC(=O)CCCN(C)C)C(Nc1ccc(OCC3NCCCC3C)cc1Cl)NCN2. The van der Waals surface area contributed by atoms with Crippen molar-refractivity contribution in [3.05, 3.63) is 40.9 Å². The molecule has 2 aromatic carbocycles. The maximum atomic E-state index is 12.7. The maximum Gasteiger partial charge on any atom is 0.224 e. The highest BCUT2D eigenvalue weighted by molar-refractivity contribution is 6.33. The molecule has 10 heteroatoms. The summed E-state index contributed by atoms with van der Waals surface area (Å²) in [6, 6.07) is 10.0. The molecule has 2 aromatic rings. The Morgan fingerprint density at radius 3 is 2.74 bits per heavy atom. The number of amides is 1. The molecular weight excluding hydrogens is 516 g/mol. The normalized spacial score (nSPS) is 20.6. The lowest BCUT2D eigenvalue weighted by Crippen LogP contribution is -2.44. The molecular formula is C29H43ClN6O3. The summed E-state index contributed by atoms with van der Waals surface area (Å²) in [4.78, 5) is 14.7. The van der Waals surface area contributed by atoms with E-state index < -0.39 is 0 Å². The Hall–Kier alpha value is -2.72. The van der Waals surface area contributed by atoms with Crippen LogP contribution in [0.4, 0.5) is 17.1 Å². The fourth-order valence-electron chi connectivity index (χ4n) is 5.00. The monoisotopic (exact) mass is 558 g/mol. The highest BCUT2D eigenvalue weighted by Gasteiger charge is 2.24. The largest absolute Gasteiger partial charge is 0.492 e. The molecule has 0 aliphatic carbocycles. The van der Waals surface area contributed by atoms with Gasteiger partial charge in [-0.3, -0.25) is 10.1 Å². The van der Waals surface area contributed by atoms with Gasteiger partial charge in [0.15, 0.2) is 0 Å². The molecule has 2 aliphatic heterocycles. The van der Waals surface area contributed by atoms with Gasteiger partial charge in [0.2, 0.25) is 5.91 Å². The second-order valence-corrected chi connectivity index (χ2v) is 11.0. The van der Waals surface area contributed by atoms with Gasteiger partial charge in [-0.2, -0.15) is 0 Å². The number of carbonyl (C=O) groups excluding carboxylic acids is 1. The molecule has 4 rings (SSSR count). The fourth-order valence-corrected chi connectivity index (χ4v) is 5.22. The van der Waals surface area contributed by atoms with Crippen LogP contribution in [0, 0.1) is 5.92 Å². The molecule has 0 bridgehead atoms. The van der Waals surface area contributed by atoms with Crippen molar-refractivity contribution >= 4 is 34.6 Å². The lowest BCUT2D eigenvalue weighted by Gasteiger charge is -2.31. The Morgan fingerprint density at radius 2 is 2.00 bits per heavy atom. The number of fused-ring (bicyclic) bond motifs is 1. The first-order valence-electron chi connectivity index (χ1n) is 14.0. The summed E-state index contributed by atoms with van der Waals surface area (Å²) in [6.07, 6.45) is 3.45. The van der Waals surface area contributed by atoms with Crippen LogP contribution in [0.2, 0.25) is 5.02 Å². The van der Waals surface area contributed by atoms with Crippen LogP contribution in [0.1, 0.15) is 51.3 Å². The Morgan fingerprint density at radius 1 is 1.15 bits per heavy atom. The Bertz CT molecular complexity index is 1110. The number of halogens is 1. The van der Waals surface area contributed by atoms with Gasteiger partial charge in [-0.15, -0.1) is 0 Å². The first-order valence-corrected chi connectivity index (χ1v) is 14.4. The summed E-state index contributed by atoms with van der Waals surface area (Å²) in [5.74, 6) is 1.96. The molecule has 2 heterocycles. The lowest BCUT2D eigenvalue weighted by atomic mass is 9.93. The van der Waals surface area contributed by atoms with Gasteiger partial charge in [-0.25, -0.2) is 0 Å². The van der Waals surface area contributed by atoms with E-state index >= 15 is 0 Å². The van der Waals surface area contributed by atoms with E-state index in [4.69, 9.17) is 21.1 Å². The topological polar surface area (TPSA) is 98.9 Å². The minimum absolute atomic E-state index is 0.0320. The summed E-state index contributed by atoms with van der Waals surface area (Å²) >= 11 is 6.68. The molecule has 9 nitrogen and oxygen atoms in total. The molecule has 5 N–H and O–H groups in total. The van der Waals surface area contributed by atoms with E-state index in [2.05, 4.69) is 38.4 Å². The molecule has 0 saturated carbocycles. The van der Waals surface area contributed by atoms with Crippen molar-refractivity contribution in [1.82, 2.24) is 15.5 Å². The zero-order valence-corrected chi connectivity index (χ0v) is 24.3. The average molecular weight is 559 g/mol. The molecule has 3 unspecified atom stereocenters. The number of hydrogen-bond acceptors (Lipinski definition) is 8. The molecule has 3 atom stereocenters. The predicted octanol–water partition coefficient (Wildman–Crippen LogP) is 4.87. The number of benzene rings is 2. The van der Waals surface area contributed by atoms with Crippen molar-refractivity contribution in [2.75, 3.05) is 63.0 Å². The Kier molecular flexibility index (Phi) is 10.6. The molecule has 2 aliphatic rings. The number of ether oxygens (including phenoxy) is 2. The molecule has 0 spiro atoms. The molecule has 1 fully saturated rings. The summed E-state index contributed by atoms with van der Waals surface area (Å²) in [7, 11) is 4.01. The van der Waals surface area contributed by atoms with Gasteiger partial charge in [0.1, 0.15) is 24.3 Å². The minimum atomic E-state index is -0.224. The van der Waals surface area contributed by atoms with E-state index in [0.717, 1.165) is 42.2 Å². The highest BCUT2D eigenvalue weighted by Crippen LogP contribution is 2.38. The van der Waals surface area contributed by atoms with Crippen LogP contribution in [-0.4, -0.2) is 63.9 Å². The van der Waals surface area contributed by atoms with Gasteiger partial charge < -0.3 is 35.6 Å². The van der Waals surface area contributed by atoms with Crippen LogP contribution in [0.15, 0.2) is 30.3 Å². The van der Waals surface area contributed by atoms with Gasteiger partial charge in [0.25, 0.3) is 0 Å². The maximum absolute atomic E-state index is 12.7. The summed E-state index contributed by atoms with van der Waals surface area (Å²) in [5.41, 5.74) is 3.34. The quantitative estimate of drug-likeness (QED) is 0.252. The first kappa shape index (κ1) is 29.3. The predicted molar refractivity (Wildman–Crippen MR) is 159 cm³/mol. The van der Waals surface area contributed by atoms with Gasteiger partial charge >= 0.3 is 0 Å². The standard InChI is InChI=1S/C29H43ClN6O3/c1-5-38-27-16-24-21(15-25(27)34-28(37)9-7-13-36(3)4)29(33-18-32-24)35-23-11-10-20(14-22(23)30)39-17-26-19(2)8-6-12-31-26/h10-11,14-16,19,26,29,31-33,35H,5-9,12-13,17-18H2,1-4H3,(H,34,37). The van der Waals surface area contributed by atoms with Crippen molar-refractivity contribution in [3.63, 3.8) is 0 Å². The number of hydrogen-bond donors (Lipinski definition) is 5. The number of anilines is 3. The lowest BCUT2D eigenvalue weighted by molar-refractivity contribution is -0.116. The van der Waals surface area contributed by atoms with Crippen LogP contribution in [0.3, 0.4) is 0 Å². The summed E-state index contributed by atoms with van der Waals surface area (Å²) in [6.45, 7) is 7.79.